The molecule has 0 radical (unpaired) electrons. The van der Waals surface area contributed by atoms with Crippen LogP contribution in [0.15, 0.2) is 36.4 Å². The van der Waals surface area contributed by atoms with Crippen LogP contribution in [0, 0.1) is 11.7 Å². The summed E-state index contributed by atoms with van der Waals surface area (Å²) in [5.74, 6) is 1.29. The minimum absolute atomic E-state index is 0.203. The van der Waals surface area contributed by atoms with Crippen LogP contribution in [0.4, 0.5) is 4.39 Å². The Labute approximate surface area is 149 Å². The Morgan fingerprint density at radius 3 is 2.72 bits per heavy atom. The van der Waals surface area contributed by atoms with Crippen LogP contribution in [0.1, 0.15) is 25.7 Å². The number of nitrogens with zero attached hydrogens (tertiary/aromatic N) is 2. The zero-order chi connectivity index (χ0) is 17.5. The number of carbonyl (C=O) groups excluding carboxylic acids is 1. The highest BCUT2D eigenvalue weighted by Crippen LogP contribution is 2.20. The number of carbonyl (C=O) groups is 1. The zero-order valence-corrected chi connectivity index (χ0v) is 14.7. The van der Waals surface area contributed by atoms with E-state index in [9.17, 15) is 9.18 Å². The average molecular weight is 346 g/mol. The molecule has 3 rings (SSSR count). The summed E-state index contributed by atoms with van der Waals surface area (Å²) >= 11 is 0. The molecule has 1 aromatic rings. The molecule has 1 aliphatic carbocycles. The van der Waals surface area contributed by atoms with Gasteiger partial charge in [-0.25, -0.2) is 4.39 Å². The largest absolute Gasteiger partial charge is 0.492 e. The van der Waals surface area contributed by atoms with Gasteiger partial charge in [-0.15, -0.1) is 0 Å². The van der Waals surface area contributed by atoms with Crippen LogP contribution >= 0.6 is 0 Å². The predicted octanol–water partition coefficient (Wildman–Crippen LogP) is 3.10. The Hall–Kier alpha value is -1.88. The standard InChI is InChI=1S/C20H27FN2O2/c21-18-6-8-19(9-7-18)25-15-14-23-13-12-22(11-10-20(23)24)16-17-4-2-1-3-5-17/h1-2,6-9,17H,3-5,10-16H2/t17-/m0/s1. The minimum Gasteiger partial charge on any atom is -0.492 e. The lowest BCUT2D eigenvalue weighted by atomic mass is 9.94. The highest BCUT2D eigenvalue weighted by atomic mass is 19.1. The Kier molecular flexibility index (Phi) is 6.45. The molecule has 0 N–H and O–H groups in total. The van der Waals surface area contributed by atoms with Crippen molar-refractivity contribution < 1.29 is 13.9 Å². The normalized spacial score (nSPS) is 22.0. The van der Waals surface area contributed by atoms with E-state index in [0.717, 1.165) is 32.1 Å². The van der Waals surface area contributed by atoms with E-state index in [0.29, 0.717) is 25.3 Å². The molecular weight excluding hydrogens is 319 g/mol. The predicted molar refractivity (Wildman–Crippen MR) is 96.0 cm³/mol. The van der Waals surface area contributed by atoms with E-state index in [1.54, 1.807) is 12.1 Å². The van der Waals surface area contributed by atoms with Crippen molar-refractivity contribution >= 4 is 5.91 Å². The molecular formula is C20H27FN2O2. The maximum absolute atomic E-state index is 12.9. The zero-order valence-electron chi connectivity index (χ0n) is 14.7. The molecule has 2 aliphatic rings. The second-order valence-corrected chi connectivity index (χ2v) is 6.88. The van der Waals surface area contributed by atoms with Crippen LogP contribution in [0.5, 0.6) is 5.75 Å². The number of ether oxygens (including phenoxy) is 1. The van der Waals surface area contributed by atoms with Crippen molar-refractivity contribution in [1.82, 2.24) is 9.80 Å². The first-order valence-corrected chi connectivity index (χ1v) is 9.24. The summed E-state index contributed by atoms with van der Waals surface area (Å²) in [6.07, 6.45) is 8.75. The van der Waals surface area contributed by atoms with Crippen molar-refractivity contribution in [3.8, 4) is 5.75 Å². The third kappa shape index (κ3) is 5.56. The highest BCUT2D eigenvalue weighted by molar-refractivity contribution is 5.76. The van der Waals surface area contributed by atoms with E-state index >= 15 is 0 Å². The van der Waals surface area contributed by atoms with Crippen LogP contribution in [0.3, 0.4) is 0 Å². The molecule has 0 saturated carbocycles. The summed E-state index contributed by atoms with van der Waals surface area (Å²) in [6, 6.07) is 5.98. The van der Waals surface area contributed by atoms with Gasteiger partial charge in [-0.05, 0) is 49.4 Å². The molecule has 0 aromatic heterocycles. The smallest absolute Gasteiger partial charge is 0.224 e. The van der Waals surface area contributed by atoms with E-state index < -0.39 is 0 Å². The maximum Gasteiger partial charge on any atom is 0.224 e. The van der Waals surface area contributed by atoms with Crippen molar-refractivity contribution in [1.29, 1.82) is 0 Å². The number of hydrogen-bond acceptors (Lipinski definition) is 3. The molecule has 4 nitrogen and oxygen atoms in total. The number of allylic oxidation sites excluding steroid dienone is 2. The molecule has 0 spiro atoms. The lowest BCUT2D eigenvalue weighted by molar-refractivity contribution is -0.130. The van der Waals surface area contributed by atoms with Gasteiger partial charge in [-0.3, -0.25) is 4.79 Å². The van der Waals surface area contributed by atoms with E-state index in [2.05, 4.69) is 17.1 Å². The third-order valence-electron chi connectivity index (χ3n) is 5.02. The fraction of sp³-hybridized carbons (Fsp3) is 0.550. The van der Waals surface area contributed by atoms with Gasteiger partial charge in [0.1, 0.15) is 18.2 Å². The first kappa shape index (κ1) is 17.9. The quantitative estimate of drug-likeness (QED) is 0.742. The fourth-order valence-corrected chi connectivity index (χ4v) is 3.52. The van der Waals surface area contributed by atoms with Gasteiger partial charge in [-0.2, -0.15) is 0 Å². The maximum atomic E-state index is 12.9. The summed E-state index contributed by atoms with van der Waals surface area (Å²) in [4.78, 5) is 16.6. The SMILES string of the molecule is O=C1CCN(C[C@H]2CC=CCC2)CCN1CCOc1ccc(F)cc1. The third-order valence-corrected chi connectivity index (χ3v) is 5.02. The van der Waals surface area contributed by atoms with E-state index in [4.69, 9.17) is 4.74 Å². The topological polar surface area (TPSA) is 32.8 Å². The molecule has 1 heterocycles. The van der Waals surface area contributed by atoms with E-state index in [1.807, 2.05) is 4.90 Å². The molecule has 136 valence electrons. The van der Waals surface area contributed by atoms with Gasteiger partial charge >= 0.3 is 0 Å². The summed E-state index contributed by atoms with van der Waals surface area (Å²) in [5, 5.41) is 0. The first-order valence-electron chi connectivity index (χ1n) is 9.24. The summed E-state index contributed by atoms with van der Waals surface area (Å²) in [5.41, 5.74) is 0. The van der Waals surface area contributed by atoms with Gasteiger partial charge in [0.05, 0.1) is 6.54 Å². The Morgan fingerprint density at radius 1 is 1.12 bits per heavy atom. The van der Waals surface area contributed by atoms with Crippen molar-refractivity contribution in [2.75, 3.05) is 39.3 Å². The number of halogens is 1. The number of benzene rings is 1. The molecule has 0 unspecified atom stereocenters. The summed E-state index contributed by atoms with van der Waals surface area (Å²) in [6.45, 7) is 4.66. The van der Waals surface area contributed by atoms with E-state index in [1.165, 1.54) is 31.4 Å². The van der Waals surface area contributed by atoms with Crippen molar-refractivity contribution in [3.05, 3.63) is 42.2 Å². The van der Waals surface area contributed by atoms with Gasteiger partial charge in [0, 0.05) is 32.6 Å². The van der Waals surface area contributed by atoms with Crippen LogP contribution in [-0.2, 0) is 4.79 Å². The second kappa shape index (κ2) is 8.99. The van der Waals surface area contributed by atoms with Crippen molar-refractivity contribution in [2.24, 2.45) is 5.92 Å². The van der Waals surface area contributed by atoms with Crippen LogP contribution in [0.2, 0.25) is 0 Å². The molecule has 1 amide bonds. The monoisotopic (exact) mass is 346 g/mol. The summed E-state index contributed by atoms with van der Waals surface area (Å²) in [7, 11) is 0. The van der Waals surface area contributed by atoms with Gasteiger partial charge in [-0.1, -0.05) is 12.2 Å². The van der Waals surface area contributed by atoms with Crippen molar-refractivity contribution in [2.45, 2.75) is 25.7 Å². The van der Waals surface area contributed by atoms with E-state index in [-0.39, 0.29) is 11.7 Å². The van der Waals surface area contributed by atoms with Gasteiger partial charge in [0.25, 0.3) is 0 Å². The number of hydrogen-bond donors (Lipinski definition) is 0. The molecule has 1 atom stereocenters. The van der Waals surface area contributed by atoms with Gasteiger partial charge < -0.3 is 14.5 Å². The first-order chi connectivity index (χ1) is 12.2. The fourth-order valence-electron chi connectivity index (χ4n) is 3.52. The van der Waals surface area contributed by atoms with Crippen LogP contribution in [0.25, 0.3) is 0 Å². The second-order valence-electron chi connectivity index (χ2n) is 6.88. The average Bonchev–Trinajstić information content (AvgIpc) is 2.80. The van der Waals surface area contributed by atoms with Gasteiger partial charge in [0.2, 0.25) is 5.91 Å². The minimum atomic E-state index is -0.274. The van der Waals surface area contributed by atoms with Crippen LogP contribution in [-0.4, -0.2) is 55.0 Å². The van der Waals surface area contributed by atoms with Gasteiger partial charge in [0.15, 0.2) is 0 Å². The molecule has 1 aromatic carbocycles. The molecule has 1 aliphatic heterocycles. The molecule has 25 heavy (non-hydrogen) atoms. The molecule has 1 fully saturated rings. The Balaban J connectivity index is 1.42. The Bertz CT molecular complexity index is 588. The molecule has 1 saturated heterocycles. The number of rotatable bonds is 6. The summed E-state index contributed by atoms with van der Waals surface area (Å²) < 4.78 is 18.5. The Morgan fingerprint density at radius 2 is 1.96 bits per heavy atom. The molecule has 0 bridgehead atoms. The highest BCUT2D eigenvalue weighted by Gasteiger charge is 2.22. The van der Waals surface area contributed by atoms with Crippen LogP contribution < -0.4 is 4.74 Å². The number of amides is 1. The lowest BCUT2D eigenvalue weighted by Gasteiger charge is -2.27. The lowest BCUT2D eigenvalue weighted by Crippen LogP contribution is -2.37. The van der Waals surface area contributed by atoms with Crippen molar-refractivity contribution in [3.63, 3.8) is 0 Å². The molecule has 5 heteroatoms.